The number of hydrogen-bond donors (Lipinski definition) is 1. The zero-order valence-electron chi connectivity index (χ0n) is 7.97. The normalized spacial score (nSPS) is 29.3. The summed E-state index contributed by atoms with van der Waals surface area (Å²) in [6, 6.07) is 2.51. The second-order valence-electron chi connectivity index (χ2n) is 4.63. The van der Waals surface area contributed by atoms with Gasteiger partial charge in [0.2, 0.25) is 0 Å². The highest BCUT2D eigenvalue weighted by molar-refractivity contribution is 6.77. The molecule has 1 atom stereocenters. The molecule has 2 nitrogen and oxygen atoms in total. The molecule has 0 radical (unpaired) electrons. The average molecular weight is 186 g/mol. The van der Waals surface area contributed by atoms with Gasteiger partial charge in [0.15, 0.2) is 0 Å². The van der Waals surface area contributed by atoms with Crippen LogP contribution in [-0.4, -0.2) is 19.1 Å². The molecule has 3 heteroatoms. The van der Waals surface area contributed by atoms with Crippen LogP contribution in [0, 0.1) is 5.92 Å². The topological polar surface area (TPSA) is 37.3 Å². The first-order valence-corrected chi connectivity index (χ1v) is 8.15. The van der Waals surface area contributed by atoms with E-state index >= 15 is 0 Å². The van der Waals surface area contributed by atoms with Gasteiger partial charge in [-0.1, -0.05) is 31.6 Å². The van der Waals surface area contributed by atoms with Gasteiger partial charge in [-0.15, -0.1) is 0 Å². The van der Waals surface area contributed by atoms with Gasteiger partial charge in [-0.2, -0.15) is 0 Å². The first-order valence-electron chi connectivity index (χ1n) is 4.74. The number of carbonyl (C=O) groups is 1. The minimum atomic E-state index is -0.992. The highest BCUT2D eigenvalue weighted by Crippen LogP contribution is 2.30. The second-order valence-corrected chi connectivity index (χ2v) is 9.96. The van der Waals surface area contributed by atoms with Crippen molar-refractivity contribution in [2.45, 2.75) is 44.4 Å². The van der Waals surface area contributed by atoms with Gasteiger partial charge in [-0.25, -0.2) is 0 Å². The molecule has 0 spiro atoms. The van der Waals surface area contributed by atoms with Crippen molar-refractivity contribution in [3.8, 4) is 0 Å². The van der Waals surface area contributed by atoms with Crippen LogP contribution in [0.4, 0.5) is 0 Å². The Labute approximate surface area is 75.0 Å². The molecule has 70 valence electrons. The lowest BCUT2D eigenvalue weighted by molar-refractivity contribution is -0.142. The van der Waals surface area contributed by atoms with Crippen LogP contribution in [0.5, 0.6) is 0 Å². The summed E-state index contributed by atoms with van der Waals surface area (Å²) >= 11 is 0. The van der Waals surface area contributed by atoms with E-state index in [-0.39, 0.29) is 5.92 Å². The molecule has 1 saturated heterocycles. The average Bonchev–Trinajstić information content (AvgIpc) is 2.10. The summed E-state index contributed by atoms with van der Waals surface area (Å²) < 4.78 is 0. The van der Waals surface area contributed by atoms with Gasteiger partial charge in [0.1, 0.15) is 0 Å². The van der Waals surface area contributed by atoms with Crippen LogP contribution in [0.25, 0.3) is 0 Å². The first-order chi connectivity index (χ1) is 5.51. The molecule has 1 N–H and O–H groups in total. The molecule has 1 aliphatic rings. The van der Waals surface area contributed by atoms with E-state index in [1.54, 1.807) is 0 Å². The van der Waals surface area contributed by atoms with Crippen LogP contribution >= 0.6 is 0 Å². The van der Waals surface area contributed by atoms with Gasteiger partial charge in [-0.05, 0) is 12.8 Å². The van der Waals surface area contributed by atoms with E-state index in [9.17, 15) is 4.79 Å². The molecule has 0 aromatic rings. The summed E-state index contributed by atoms with van der Waals surface area (Å²) in [5.41, 5.74) is 0. The van der Waals surface area contributed by atoms with Crippen molar-refractivity contribution < 1.29 is 9.90 Å². The largest absolute Gasteiger partial charge is 0.481 e. The van der Waals surface area contributed by atoms with Crippen molar-refractivity contribution >= 4 is 14.0 Å². The predicted octanol–water partition coefficient (Wildman–Crippen LogP) is 2.58. The Morgan fingerprint density at radius 2 is 2.00 bits per heavy atom. The lowest BCUT2D eigenvalue weighted by atomic mass is 10.0. The zero-order chi connectivity index (χ0) is 9.19. The summed E-state index contributed by atoms with van der Waals surface area (Å²) in [6.45, 7) is 4.74. The molecular formula is C9H18O2Si. The molecule has 0 aliphatic carbocycles. The zero-order valence-corrected chi connectivity index (χ0v) is 8.97. The molecule has 1 unspecified atom stereocenters. The lowest BCUT2D eigenvalue weighted by Crippen LogP contribution is -2.23. The summed E-state index contributed by atoms with van der Waals surface area (Å²) in [5, 5.41) is 8.85. The van der Waals surface area contributed by atoms with E-state index < -0.39 is 14.0 Å². The maximum atomic E-state index is 10.7. The SMILES string of the molecule is C[Si]1(C)CCCC(C(=O)O)CC1. The molecule has 12 heavy (non-hydrogen) atoms. The maximum Gasteiger partial charge on any atom is 0.306 e. The molecule has 1 aliphatic heterocycles. The van der Waals surface area contributed by atoms with Crippen LogP contribution in [0.3, 0.4) is 0 Å². The quantitative estimate of drug-likeness (QED) is 0.639. The van der Waals surface area contributed by atoms with Gasteiger partial charge in [0.25, 0.3) is 0 Å². The van der Waals surface area contributed by atoms with Crippen LogP contribution in [-0.2, 0) is 4.79 Å². The first kappa shape index (κ1) is 9.77. The number of rotatable bonds is 1. The van der Waals surface area contributed by atoms with Crippen molar-refractivity contribution in [3.63, 3.8) is 0 Å². The molecule has 0 bridgehead atoms. The van der Waals surface area contributed by atoms with Crippen LogP contribution in [0.2, 0.25) is 25.2 Å². The fourth-order valence-electron chi connectivity index (χ4n) is 1.91. The molecule has 1 fully saturated rings. The maximum absolute atomic E-state index is 10.7. The number of carboxylic acid groups (broad SMARTS) is 1. The Balaban J connectivity index is 2.50. The summed E-state index contributed by atoms with van der Waals surface area (Å²) in [5.74, 6) is -0.624. The third-order valence-corrected chi connectivity index (χ3v) is 6.27. The Bertz CT molecular complexity index is 177. The van der Waals surface area contributed by atoms with E-state index in [2.05, 4.69) is 13.1 Å². The summed E-state index contributed by atoms with van der Waals surface area (Å²) in [7, 11) is -0.992. The standard InChI is InChI=1S/C9H18O2Si/c1-12(2)6-3-4-8(5-7-12)9(10)11/h8H,3-7H2,1-2H3,(H,10,11). The monoisotopic (exact) mass is 186 g/mol. The van der Waals surface area contributed by atoms with Crippen LogP contribution < -0.4 is 0 Å². The van der Waals surface area contributed by atoms with E-state index in [0.717, 1.165) is 19.3 Å². The minimum absolute atomic E-state index is 0.0423. The molecular weight excluding hydrogens is 168 g/mol. The number of hydrogen-bond acceptors (Lipinski definition) is 1. The Hall–Kier alpha value is -0.313. The summed E-state index contributed by atoms with van der Waals surface area (Å²) in [6.07, 6.45) is 2.97. The Morgan fingerprint density at radius 1 is 1.33 bits per heavy atom. The van der Waals surface area contributed by atoms with Crippen LogP contribution in [0.15, 0.2) is 0 Å². The lowest BCUT2D eigenvalue weighted by Gasteiger charge is -2.18. The van der Waals surface area contributed by atoms with E-state index in [1.165, 1.54) is 12.1 Å². The van der Waals surface area contributed by atoms with Gasteiger partial charge in [-0.3, -0.25) is 4.79 Å². The highest BCUT2D eigenvalue weighted by atomic mass is 28.3. The summed E-state index contributed by atoms with van der Waals surface area (Å²) in [4.78, 5) is 10.7. The smallest absolute Gasteiger partial charge is 0.306 e. The highest BCUT2D eigenvalue weighted by Gasteiger charge is 2.28. The van der Waals surface area contributed by atoms with Crippen molar-refractivity contribution in [1.82, 2.24) is 0 Å². The Morgan fingerprint density at radius 3 is 2.58 bits per heavy atom. The van der Waals surface area contributed by atoms with Crippen molar-refractivity contribution in [2.75, 3.05) is 0 Å². The van der Waals surface area contributed by atoms with E-state index in [4.69, 9.17) is 5.11 Å². The molecule has 0 aromatic carbocycles. The fraction of sp³-hybridized carbons (Fsp3) is 0.889. The minimum Gasteiger partial charge on any atom is -0.481 e. The predicted molar refractivity (Wildman–Crippen MR) is 52.1 cm³/mol. The number of aliphatic carboxylic acids is 1. The van der Waals surface area contributed by atoms with E-state index in [1.807, 2.05) is 0 Å². The molecule has 1 heterocycles. The van der Waals surface area contributed by atoms with Gasteiger partial charge >= 0.3 is 5.97 Å². The third kappa shape index (κ3) is 2.63. The van der Waals surface area contributed by atoms with Crippen molar-refractivity contribution in [2.24, 2.45) is 5.92 Å². The van der Waals surface area contributed by atoms with Crippen molar-refractivity contribution in [3.05, 3.63) is 0 Å². The van der Waals surface area contributed by atoms with E-state index in [0.29, 0.717) is 0 Å². The van der Waals surface area contributed by atoms with Gasteiger partial charge in [0, 0.05) is 8.07 Å². The molecule has 1 rings (SSSR count). The fourth-order valence-corrected chi connectivity index (χ4v) is 4.45. The van der Waals surface area contributed by atoms with Crippen molar-refractivity contribution in [1.29, 1.82) is 0 Å². The molecule has 0 aromatic heterocycles. The third-order valence-electron chi connectivity index (χ3n) is 2.92. The Kier molecular flexibility index (Phi) is 2.93. The molecule has 0 saturated carbocycles. The molecule has 0 amide bonds. The van der Waals surface area contributed by atoms with Gasteiger partial charge < -0.3 is 5.11 Å². The number of carboxylic acids is 1. The van der Waals surface area contributed by atoms with Gasteiger partial charge in [0.05, 0.1) is 5.92 Å². The second kappa shape index (κ2) is 3.60. The van der Waals surface area contributed by atoms with Crippen LogP contribution in [0.1, 0.15) is 19.3 Å².